The summed E-state index contributed by atoms with van der Waals surface area (Å²) in [5.41, 5.74) is 1.04. The van der Waals surface area contributed by atoms with Crippen LogP contribution in [-0.2, 0) is 0 Å². The Hall–Kier alpha value is -2.38. The molecule has 3 rings (SSSR count). The molecule has 0 aromatic carbocycles. The highest BCUT2D eigenvalue weighted by molar-refractivity contribution is 6.31. The summed E-state index contributed by atoms with van der Waals surface area (Å²) in [6.45, 7) is 19.0. The first kappa shape index (κ1) is 29.6. The van der Waals surface area contributed by atoms with Crippen molar-refractivity contribution in [1.82, 2.24) is 19.6 Å². The van der Waals surface area contributed by atoms with Crippen molar-refractivity contribution in [2.24, 2.45) is 11.8 Å². The molecule has 1 aromatic rings. The number of carboxylic acids is 1. The molecule has 7 nitrogen and oxygen atoms in total. The number of aromatic carboxylic acids is 1. The highest BCUT2D eigenvalue weighted by Gasteiger charge is 2.40. The number of aromatic nitrogens is 2. The van der Waals surface area contributed by atoms with Gasteiger partial charge in [-0.15, -0.1) is 0 Å². The first-order chi connectivity index (χ1) is 15.2. The molecule has 32 heavy (non-hydrogen) atoms. The predicted octanol–water partition coefficient (Wildman–Crippen LogP) is 5.36. The van der Waals surface area contributed by atoms with Gasteiger partial charge in [-0.25, -0.2) is 9.59 Å². The smallest absolute Gasteiger partial charge is 0.344 e. The largest absolute Gasteiger partial charge is 0.478 e. The molecule has 0 bridgehead atoms. The van der Waals surface area contributed by atoms with E-state index in [1.54, 1.807) is 4.90 Å². The van der Waals surface area contributed by atoms with Crippen LogP contribution in [0.1, 0.15) is 51.9 Å². The number of halogens is 1. The second-order valence-corrected chi connectivity index (χ2v) is 7.70. The van der Waals surface area contributed by atoms with Gasteiger partial charge >= 0.3 is 12.0 Å². The average molecular weight is 467 g/mol. The molecule has 2 saturated heterocycles. The predicted molar refractivity (Wildman–Crippen MR) is 132 cm³/mol. The first-order valence-electron chi connectivity index (χ1n) is 11.1. The number of carboxylic acid groups (broad SMARTS) is 1. The molecule has 3 heterocycles. The van der Waals surface area contributed by atoms with Crippen LogP contribution in [0.3, 0.4) is 0 Å². The Morgan fingerprint density at radius 1 is 1.12 bits per heavy atom. The maximum absolute atomic E-state index is 12.2. The lowest BCUT2D eigenvalue weighted by Gasteiger charge is -2.18. The second-order valence-electron chi connectivity index (χ2n) is 7.26. The van der Waals surface area contributed by atoms with Crippen LogP contribution in [0.5, 0.6) is 0 Å². The third-order valence-corrected chi connectivity index (χ3v) is 5.11. The van der Waals surface area contributed by atoms with E-state index < -0.39 is 5.97 Å². The second kappa shape index (κ2) is 15.4. The molecule has 180 valence electrons. The summed E-state index contributed by atoms with van der Waals surface area (Å²) in [6, 6.07) is -0.232. The topological polar surface area (TPSA) is 78.7 Å². The van der Waals surface area contributed by atoms with Gasteiger partial charge in [0.05, 0.1) is 18.0 Å². The van der Waals surface area contributed by atoms with Crippen LogP contribution >= 0.6 is 11.6 Å². The van der Waals surface area contributed by atoms with Crippen LogP contribution < -0.4 is 0 Å². The van der Waals surface area contributed by atoms with Gasteiger partial charge < -0.3 is 14.9 Å². The molecule has 0 aliphatic carbocycles. The van der Waals surface area contributed by atoms with E-state index in [4.69, 9.17) is 16.7 Å². The minimum atomic E-state index is -1.07. The maximum Gasteiger partial charge on any atom is 0.344 e. The Morgan fingerprint density at radius 2 is 1.66 bits per heavy atom. The molecular weight excluding hydrogens is 428 g/mol. The molecule has 0 saturated carbocycles. The van der Waals surface area contributed by atoms with Gasteiger partial charge in [-0.1, -0.05) is 63.6 Å². The third-order valence-electron chi connectivity index (χ3n) is 4.77. The van der Waals surface area contributed by atoms with Gasteiger partial charge in [0.1, 0.15) is 0 Å². The zero-order chi connectivity index (χ0) is 24.8. The summed E-state index contributed by atoms with van der Waals surface area (Å²) in [7, 11) is 2.09. The molecule has 2 aliphatic rings. The van der Waals surface area contributed by atoms with E-state index in [0.717, 1.165) is 41.5 Å². The van der Waals surface area contributed by atoms with Crippen molar-refractivity contribution in [3.05, 3.63) is 53.4 Å². The summed E-state index contributed by atoms with van der Waals surface area (Å²) in [6.07, 6.45) is 8.00. The van der Waals surface area contributed by atoms with E-state index >= 15 is 0 Å². The number of carbonyl (C=O) groups is 2. The lowest BCUT2D eigenvalue weighted by Crippen LogP contribution is -2.35. The Morgan fingerprint density at radius 3 is 2.06 bits per heavy atom. The third kappa shape index (κ3) is 9.40. The van der Waals surface area contributed by atoms with Crippen molar-refractivity contribution >= 4 is 23.6 Å². The fourth-order valence-electron chi connectivity index (χ4n) is 3.38. The highest BCUT2D eigenvalue weighted by Crippen LogP contribution is 2.30. The van der Waals surface area contributed by atoms with Crippen LogP contribution in [-0.4, -0.2) is 69.9 Å². The van der Waals surface area contributed by atoms with Crippen LogP contribution in [0, 0.1) is 11.8 Å². The number of allylic oxidation sites excluding steroid dienone is 5. The number of amides is 1. The molecule has 0 spiro atoms. The SMILES string of the molecule is C=C(C)/C=C\C(Cl)=C/C.CC.CC.CN1CC2CN(C(=O)n3cc(C(=O)O)cn3)CC2C1. The molecule has 1 aromatic heterocycles. The van der Waals surface area contributed by atoms with Crippen molar-refractivity contribution in [2.75, 3.05) is 33.2 Å². The van der Waals surface area contributed by atoms with E-state index in [9.17, 15) is 9.59 Å². The Labute approximate surface area is 198 Å². The van der Waals surface area contributed by atoms with Gasteiger partial charge in [0, 0.05) is 31.2 Å². The number of hydrogen-bond donors (Lipinski definition) is 1. The molecule has 2 fully saturated rings. The number of fused-ring (bicyclic) bond motifs is 1. The normalized spacial score (nSPS) is 19.8. The van der Waals surface area contributed by atoms with Gasteiger partial charge in [0.25, 0.3) is 0 Å². The van der Waals surface area contributed by atoms with Crippen LogP contribution in [0.15, 0.2) is 47.8 Å². The van der Waals surface area contributed by atoms with Crippen molar-refractivity contribution in [3.63, 3.8) is 0 Å². The number of carbonyl (C=O) groups excluding carboxylic acids is 1. The Kier molecular flexibility index (Phi) is 14.3. The van der Waals surface area contributed by atoms with Gasteiger partial charge in [0.15, 0.2) is 0 Å². The summed E-state index contributed by atoms with van der Waals surface area (Å²) >= 11 is 5.64. The quantitative estimate of drug-likeness (QED) is 0.607. The van der Waals surface area contributed by atoms with E-state index in [-0.39, 0.29) is 11.6 Å². The molecule has 2 atom stereocenters. The van der Waals surface area contributed by atoms with Crippen molar-refractivity contribution in [3.8, 4) is 0 Å². The summed E-state index contributed by atoms with van der Waals surface area (Å²) in [4.78, 5) is 27.0. The molecule has 1 N–H and O–H groups in total. The molecule has 1 amide bonds. The van der Waals surface area contributed by atoms with E-state index in [0.29, 0.717) is 11.8 Å². The van der Waals surface area contributed by atoms with E-state index in [1.807, 2.05) is 59.8 Å². The van der Waals surface area contributed by atoms with Crippen LogP contribution in [0.4, 0.5) is 4.79 Å². The average Bonchev–Trinajstić information content (AvgIpc) is 3.49. The molecule has 2 aliphatic heterocycles. The summed E-state index contributed by atoms with van der Waals surface area (Å²) < 4.78 is 1.12. The Bertz CT molecular complexity index is 787. The Balaban J connectivity index is 0.000000629. The fraction of sp³-hybridized carbons (Fsp3) is 0.542. The zero-order valence-corrected chi connectivity index (χ0v) is 21.3. The van der Waals surface area contributed by atoms with Gasteiger partial charge in [0.2, 0.25) is 0 Å². The molecule has 0 radical (unpaired) electrons. The molecule has 2 unspecified atom stereocenters. The standard InChI is InChI=1S/C12H16N4O3.C8H11Cl.2C2H6/c1-14-3-9-5-15(6-10(9)4-14)12(19)16-7-8(2-13-16)11(17)18;1-4-8(9)6-5-7(2)3;2*1-2/h2,7,9-10H,3-6H2,1H3,(H,17,18);4-6H,2H2,1,3H3;2*1-2H3/b;6-5-,8-4+;;. The highest BCUT2D eigenvalue weighted by atomic mass is 35.5. The monoisotopic (exact) mass is 466 g/mol. The zero-order valence-electron chi connectivity index (χ0n) is 20.5. The van der Waals surface area contributed by atoms with Gasteiger partial charge in [-0.05, 0) is 38.8 Å². The number of hydrogen-bond acceptors (Lipinski definition) is 4. The lowest BCUT2D eigenvalue weighted by molar-refractivity contribution is 0.0697. The number of nitrogens with zero attached hydrogens (tertiary/aromatic N) is 4. The van der Waals surface area contributed by atoms with Crippen LogP contribution in [0.2, 0.25) is 0 Å². The molecule has 8 heteroatoms. The minimum absolute atomic E-state index is 0.0347. The van der Waals surface area contributed by atoms with E-state index in [1.165, 1.54) is 12.4 Å². The van der Waals surface area contributed by atoms with E-state index in [2.05, 4.69) is 23.6 Å². The number of rotatable bonds is 3. The minimum Gasteiger partial charge on any atom is -0.478 e. The fourth-order valence-corrected chi connectivity index (χ4v) is 3.45. The van der Waals surface area contributed by atoms with Crippen molar-refractivity contribution in [1.29, 1.82) is 0 Å². The van der Waals surface area contributed by atoms with Crippen molar-refractivity contribution < 1.29 is 14.7 Å². The number of likely N-dealkylation sites (tertiary alicyclic amines) is 2. The molecular formula is C24H39ClN4O3. The first-order valence-corrected chi connectivity index (χ1v) is 11.5. The van der Waals surface area contributed by atoms with Crippen LogP contribution in [0.25, 0.3) is 0 Å². The van der Waals surface area contributed by atoms with Gasteiger partial charge in [-0.3, -0.25) is 0 Å². The maximum atomic E-state index is 12.2. The van der Waals surface area contributed by atoms with Crippen molar-refractivity contribution in [2.45, 2.75) is 41.5 Å². The summed E-state index contributed by atoms with van der Waals surface area (Å²) in [5, 5.41) is 13.4. The van der Waals surface area contributed by atoms with Gasteiger partial charge in [-0.2, -0.15) is 9.78 Å². The summed E-state index contributed by atoms with van der Waals surface area (Å²) in [5.74, 6) is -0.00845. The lowest BCUT2D eigenvalue weighted by atomic mass is 10.0.